The summed E-state index contributed by atoms with van der Waals surface area (Å²) in [5, 5.41) is 68.2. The van der Waals surface area contributed by atoms with Crippen molar-refractivity contribution in [3.8, 4) is 45.6 Å². The average Bonchev–Trinajstić information content (AvgIpc) is 1.65. The van der Waals surface area contributed by atoms with Crippen LogP contribution in [0.4, 0.5) is 39.8 Å². The number of aromatic amines is 2. The SMILES string of the molecule is C.Cc1nc(-c2cccc(N)c2C)n[nH]1.NC(=O)C1CC1.[2H]C([2H])([2H])NC(=O)c1nnc(Cl)cc1Cl.[2H]C([2H])([2H])NC(=O)c1nnc(Cl)cc1Nc1cccc(-c2n[nH]c(C)n2)c1C.[2H]C([2H])([2H])NC(=O)c1nnc(Cl)cc1Nc1cccc(-c2nc(C)n(C)n2)c1C.[2H]C([2H])([2H])NC(=O)c1nnc(Cl)cc1Nc1cccc(-c2nc(C)nn2C)c1C. The molecular weight excluding hydrogens is 1520 g/mol. The summed E-state index contributed by atoms with van der Waals surface area (Å²) in [5.41, 5.74) is 20.1. The van der Waals surface area contributed by atoms with Gasteiger partial charge in [0.1, 0.15) is 23.3 Å². The van der Waals surface area contributed by atoms with Gasteiger partial charge in [-0.2, -0.15) is 20.4 Å². The molecule has 1 saturated carbocycles. The lowest BCUT2D eigenvalue weighted by molar-refractivity contribution is -0.119. The molecule has 0 saturated heterocycles. The summed E-state index contributed by atoms with van der Waals surface area (Å²) in [5.74, 6) is 1.89. The lowest BCUT2D eigenvalue weighted by Gasteiger charge is -2.14. The number of amides is 5. The first-order chi connectivity index (χ1) is 56.5. The number of primary amides is 1. The Morgan fingerprint density at radius 1 is 0.455 bits per heavy atom. The summed E-state index contributed by atoms with van der Waals surface area (Å²) in [6.07, 6.45) is 2.05. The lowest BCUT2D eigenvalue weighted by Crippen LogP contribution is -2.21. The highest BCUT2D eigenvalue weighted by Gasteiger charge is 2.27. The van der Waals surface area contributed by atoms with Crippen LogP contribution in [0, 0.1) is 61.3 Å². The fraction of sp³-hybridized carbons (Fsp3) is 0.254. The Bertz CT molecular complexity index is 5760. The van der Waals surface area contributed by atoms with Gasteiger partial charge in [-0.1, -0.05) is 114 Å². The molecule has 4 aromatic carbocycles. The summed E-state index contributed by atoms with van der Waals surface area (Å²) in [4.78, 5) is 75.7. The Morgan fingerprint density at radius 3 is 1.17 bits per heavy atom. The standard InChI is InChI=1S/2C17H18ClN7O.C16H16ClN7O.C10H12N4.C6H5Cl2N3O.C4H7NO.CH4/c1-9-11(16-20-10(2)25(4)24-16)6-5-7-12(9)21-13-8-14(18)22-23-15(13)17(26)19-3;1-9-11(16-20-10(2)24-25(16)4)6-5-7-12(9)21-13-8-14(18)22-23-15(13)17(26)19-3;1-8-10(15-19-9(2)21-24-15)5-4-6-11(8)20-12-7-13(17)22-23-14(12)16(25)18-3;1-6-8(4-3-5-9(6)11)10-12-7(2)13-14-10;1-9-6(12)5-3(7)2-4(8)10-11-5;5-4(6)3-1-2-3;/h2*5-8H,1-4H3,(H,19,26)(H,21,22);4-7H,1-3H3,(H,18,25)(H,20,22)(H,19,21,24);3-5H,11H2,1-2H3,(H,12,13,14);2H,1H3,(H,9,12);3H,1-2H2,(H2,5,6);1H4/i3*3D3;;1D3;;. The van der Waals surface area contributed by atoms with Gasteiger partial charge in [0, 0.05) is 128 Å². The highest BCUT2D eigenvalue weighted by Crippen LogP contribution is 2.35. The second-order valence-corrected chi connectivity index (χ2v) is 25.1. The Hall–Kier alpha value is -12.2. The number of carbonyl (C=O) groups excluding carboxylic acids is 5. The van der Waals surface area contributed by atoms with Crippen molar-refractivity contribution in [2.45, 2.75) is 75.7 Å². The molecule has 110 heavy (non-hydrogen) atoms. The van der Waals surface area contributed by atoms with E-state index >= 15 is 0 Å². The third-order valence-corrected chi connectivity index (χ3v) is 16.5. The number of rotatable bonds is 15. The van der Waals surface area contributed by atoms with Crippen LogP contribution in [0.5, 0.6) is 0 Å². The van der Waals surface area contributed by atoms with Gasteiger partial charge in [-0.25, -0.2) is 24.6 Å². The smallest absolute Gasteiger partial charge is 0.273 e. The second-order valence-electron chi connectivity index (χ2n) is 23.2. The molecule has 0 atom stereocenters. The van der Waals surface area contributed by atoms with Crippen molar-refractivity contribution in [2.24, 2.45) is 25.7 Å². The Labute approximate surface area is 674 Å². The number of anilines is 7. The maximum Gasteiger partial charge on any atom is 0.273 e. The molecule has 1 aliphatic carbocycles. The van der Waals surface area contributed by atoms with Crippen molar-refractivity contribution in [3.05, 3.63) is 191 Å². The number of H-pyrrole nitrogens is 2. The predicted molar refractivity (Wildman–Crippen MR) is 424 cm³/mol. The monoisotopic (exact) mass is 1610 g/mol. The van der Waals surface area contributed by atoms with Gasteiger partial charge in [0.05, 0.1) is 22.1 Å². The van der Waals surface area contributed by atoms with Crippen LogP contribution in [0.2, 0.25) is 25.6 Å². The Morgan fingerprint density at radius 2 is 0.827 bits per heavy atom. The number of benzene rings is 4. The maximum atomic E-state index is 12.3. The molecule has 39 heteroatoms. The molecule has 574 valence electrons. The van der Waals surface area contributed by atoms with Gasteiger partial charge in [-0.15, -0.1) is 40.8 Å². The van der Waals surface area contributed by atoms with E-state index in [0.717, 1.165) is 74.7 Å². The quantitative estimate of drug-likeness (QED) is 0.0425. The number of carbonyl (C=O) groups is 5. The minimum absolute atomic E-state index is 0. The molecule has 0 aliphatic heterocycles. The van der Waals surface area contributed by atoms with Crippen molar-refractivity contribution in [3.63, 3.8) is 0 Å². The van der Waals surface area contributed by atoms with Gasteiger partial charge in [-0.3, -0.25) is 38.9 Å². The molecule has 34 nitrogen and oxygen atoms in total. The molecule has 13 N–H and O–H groups in total. The number of nitrogens with one attached hydrogen (secondary N) is 9. The zero-order valence-corrected chi connectivity index (χ0v) is 63.1. The third kappa shape index (κ3) is 22.2. The van der Waals surface area contributed by atoms with Gasteiger partial charge >= 0.3 is 0 Å². The fourth-order valence-electron chi connectivity index (χ4n) is 9.62. The topological polar surface area (TPSA) is 469 Å². The van der Waals surface area contributed by atoms with Gasteiger partial charge in [0.25, 0.3) is 23.6 Å². The average molecular weight is 1610 g/mol. The van der Waals surface area contributed by atoms with Gasteiger partial charge < -0.3 is 48.7 Å². The number of hydrogen-bond acceptors (Lipinski definition) is 25. The second kappa shape index (κ2) is 39.0. The van der Waals surface area contributed by atoms with Crippen LogP contribution in [0.3, 0.4) is 0 Å². The van der Waals surface area contributed by atoms with Crippen molar-refractivity contribution >= 4 is 127 Å². The first kappa shape index (κ1) is 68.3. The highest BCUT2D eigenvalue weighted by molar-refractivity contribution is 6.36. The van der Waals surface area contributed by atoms with Crippen LogP contribution in [-0.2, 0) is 18.9 Å². The molecule has 13 rings (SSSR count). The molecule has 1 aliphatic rings. The highest BCUT2D eigenvalue weighted by atomic mass is 35.5. The van der Waals surface area contributed by atoms with Crippen LogP contribution in [0.25, 0.3) is 45.6 Å². The zero-order valence-electron chi connectivity index (χ0n) is 71.4. The molecule has 8 heterocycles. The Kier molecular flexibility index (Phi) is 24.2. The first-order valence-electron chi connectivity index (χ1n) is 37.9. The Balaban J connectivity index is 0.000000211. The van der Waals surface area contributed by atoms with E-state index in [1.54, 1.807) is 53.8 Å². The molecule has 0 unspecified atom stereocenters. The van der Waals surface area contributed by atoms with Crippen molar-refractivity contribution in [2.75, 3.05) is 49.6 Å². The molecule has 5 amide bonds. The molecule has 0 bridgehead atoms. The van der Waals surface area contributed by atoms with Crippen molar-refractivity contribution < 1.29 is 40.4 Å². The van der Waals surface area contributed by atoms with Gasteiger partial charge in [0.2, 0.25) is 5.91 Å². The summed E-state index contributed by atoms with van der Waals surface area (Å²) < 4.78 is 88.7. The van der Waals surface area contributed by atoms with Crippen LogP contribution in [0.15, 0.2) is 97.1 Å². The van der Waals surface area contributed by atoms with E-state index in [1.807, 2.05) is 119 Å². The molecule has 8 aromatic heterocycles. The summed E-state index contributed by atoms with van der Waals surface area (Å²) >= 11 is 28.8. The minimum atomic E-state index is -2.66. The fourth-order valence-corrected chi connectivity index (χ4v) is 10.5. The van der Waals surface area contributed by atoms with E-state index in [0.29, 0.717) is 52.0 Å². The maximum absolute atomic E-state index is 12.3. The molecule has 1 fully saturated rings. The molecule has 12 aromatic rings. The van der Waals surface area contributed by atoms with Crippen LogP contribution in [0.1, 0.15) is 124 Å². The van der Waals surface area contributed by atoms with E-state index in [1.165, 1.54) is 24.3 Å². The summed E-state index contributed by atoms with van der Waals surface area (Å²) in [6, 6.07) is 27.6. The number of aryl methyl sites for hydroxylation is 6. The number of aromatic nitrogens is 20. The van der Waals surface area contributed by atoms with Crippen LogP contribution >= 0.6 is 58.0 Å². The minimum Gasteiger partial charge on any atom is -0.398 e. The van der Waals surface area contributed by atoms with E-state index < -0.39 is 51.5 Å². The molecule has 0 radical (unpaired) electrons. The zero-order chi connectivity index (χ0) is 89.5. The van der Waals surface area contributed by atoms with Crippen molar-refractivity contribution in [1.29, 1.82) is 0 Å². The van der Waals surface area contributed by atoms with E-state index in [4.69, 9.17) is 85.9 Å². The van der Waals surface area contributed by atoms with Gasteiger partial charge in [0.15, 0.2) is 66.7 Å². The van der Waals surface area contributed by atoms with E-state index in [-0.39, 0.29) is 84.7 Å². The molecule has 0 spiro atoms. The predicted octanol–water partition coefficient (Wildman–Crippen LogP) is 11.3. The van der Waals surface area contributed by atoms with E-state index in [2.05, 4.69) is 107 Å². The number of halogens is 5. The van der Waals surface area contributed by atoms with E-state index in [9.17, 15) is 24.0 Å². The largest absolute Gasteiger partial charge is 0.398 e. The normalized spacial score (nSPS) is 13.0. The number of nitrogen functional groups attached to an aromatic ring is 1. The lowest BCUT2D eigenvalue weighted by atomic mass is 10.1. The number of nitrogens with two attached hydrogens (primary N) is 2. The third-order valence-electron chi connectivity index (χ3n) is 15.5. The van der Waals surface area contributed by atoms with Crippen LogP contribution < -0.4 is 48.7 Å². The van der Waals surface area contributed by atoms with Gasteiger partial charge in [-0.05, 0) is 121 Å². The van der Waals surface area contributed by atoms with Crippen molar-refractivity contribution in [1.82, 2.24) is 122 Å². The number of nitrogens with zero attached hydrogens (tertiary/aromatic N) is 18. The number of hydrogen-bond donors (Lipinski definition) is 11. The first-order valence-corrected chi connectivity index (χ1v) is 33.8. The molecular formula is C71H80Cl5N29O5. The summed E-state index contributed by atoms with van der Waals surface area (Å²) in [6.45, 7) is 4.36. The summed E-state index contributed by atoms with van der Waals surface area (Å²) in [7, 11) is 3.61. The van der Waals surface area contributed by atoms with Crippen LogP contribution in [-0.4, -0.2) is 158 Å².